The Morgan fingerprint density at radius 3 is 1.15 bits per heavy atom. The number of hydrogen-bond donors (Lipinski definition) is 0. The van der Waals surface area contributed by atoms with E-state index in [-0.39, 0.29) is 8.80 Å². The van der Waals surface area contributed by atoms with E-state index in [9.17, 15) is 35.9 Å². The smallest absolute Gasteiger partial charge is 0.380 e. The second-order valence-electron chi connectivity index (χ2n) is 3.76. The van der Waals surface area contributed by atoms with E-state index in [1.165, 1.54) is 18.1 Å². The fraction of sp³-hybridized carbons (Fsp3) is 0.800. The molecule has 0 amide bonds. The largest absolute Gasteiger partial charge is 0.491 e. The molecule has 0 bridgehead atoms. The lowest BCUT2D eigenvalue weighted by molar-refractivity contribution is -0.221. The molecule has 0 heterocycles. The van der Waals surface area contributed by atoms with Gasteiger partial charge in [-0.1, -0.05) is 38.9 Å². The van der Waals surface area contributed by atoms with Gasteiger partial charge in [-0.3, -0.25) is 0 Å². The third-order valence-corrected chi connectivity index (χ3v) is 5.84. The minimum absolute atomic E-state index is 0.171. The Kier molecular flexibility index (Phi) is 9.54. The average molecular weight is 326 g/mol. The maximum Gasteiger partial charge on any atom is 0.491 e. The molecule has 0 saturated carbocycles. The molecule has 10 heteroatoms. The maximum atomic E-state index is 11.2. The number of halogens is 6. The lowest BCUT2D eigenvalue weighted by atomic mass is 10.6. The number of esters is 2. The molecule has 0 aliphatic carbocycles. The minimum Gasteiger partial charge on any atom is -0.380 e. The van der Waals surface area contributed by atoms with Crippen LogP contribution in [-0.2, 0) is 14.3 Å². The molecule has 0 aromatic rings. The van der Waals surface area contributed by atoms with Crippen LogP contribution < -0.4 is 0 Å². The topological polar surface area (TPSA) is 43.4 Å². The summed E-state index contributed by atoms with van der Waals surface area (Å²) in [6, 6.07) is 4.48. The van der Waals surface area contributed by atoms with Crippen LogP contribution in [0.15, 0.2) is 0 Å². The molecule has 3 nitrogen and oxygen atoms in total. The number of ether oxygens (including phenoxy) is 1. The van der Waals surface area contributed by atoms with Gasteiger partial charge in [0.1, 0.15) is 0 Å². The van der Waals surface area contributed by atoms with E-state index in [0.717, 1.165) is 0 Å². The van der Waals surface area contributed by atoms with Gasteiger partial charge < -0.3 is 4.74 Å². The summed E-state index contributed by atoms with van der Waals surface area (Å²) in [7, 11) is -0.171. The first-order chi connectivity index (χ1) is 8.89. The third-order valence-electron chi connectivity index (χ3n) is 2.38. The van der Waals surface area contributed by atoms with E-state index in [1.807, 2.05) is 0 Å². The molecule has 120 valence electrons. The van der Waals surface area contributed by atoms with E-state index in [0.29, 0.717) is 0 Å². The predicted octanol–water partition coefficient (Wildman–Crippen LogP) is 3.45. The first-order valence-corrected chi connectivity index (χ1v) is 8.25. The zero-order valence-corrected chi connectivity index (χ0v) is 12.3. The van der Waals surface area contributed by atoms with Gasteiger partial charge >= 0.3 is 24.3 Å². The third kappa shape index (κ3) is 9.81. The fourth-order valence-corrected chi connectivity index (χ4v) is 2.80. The van der Waals surface area contributed by atoms with Gasteiger partial charge in [0.15, 0.2) is 0 Å². The molecule has 0 saturated heterocycles. The molecule has 0 fully saturated rings. The highest BCUT2D eigenvalue weighted by Crippen LogP contribution is 2.21. The van der Waals surface area contributed by atoms with Crippen molar-refractivity contribution in [2.75, 3.05) is 0 Å². The molecule has 0 rings (SSSR count). The summed E-state index contributed by atoms with van der Waals surface area (Å²) in [6.07, 6.45) is -11.2. The summed E-state index contributed by atoms with van der Waals surface area (Å²) < 4.78 is 69.7. The van der Waals surface area contributed by atoms with E-state index < -0.39 is 24.3 Å². The zero-order chi connectivity index (χ0) is 16.6. The highest BCUT2D eigenvalue weighted by atomic mass is 28.3. The zero-order valence-electron chi connectivity index (χ0n) is 11.2. The second-order valence-corrected chi connectivity index (χ2v) is 7.94. The Morgan fingerprint density at radius 2 is 1.05 bits per heavy atom. The molecule has 0 radical (unpaired) electrons. The Labute approximate surface area is 113 Å². The summed E-state index contributed by atoms with van der Waals surface area (Å²) in [6.45, 7) is 6.97. The highest BCUT2D eigenvalue weighted by molar-refractivity contribution is 6.58. The van der Waals surface area contributed by atoms with E-state index >= 15 is 0 Å². The Bertz CT molecular complexity index is 280. The standard InChI is InChI=1S/C6H16Si.C4F6O3/c1-4-7(5-2)6-3;5-3(6,7)1(11)13-2(12)4(8,9)10/h7H,4-6H2,1-3H3;. The van der Waals surface area contributed by atoms with Gasteiger partial charge in [-0.25, -0.2) is 9.59 Å². The van der Waals surface area contributed by atoms with Crippen molar-refractivity contribution < 1.29 is 40.7 Å². The minimum atomic E-state index is -5.62. The van der Waals surface area contributed by atoms with E-state index in [4.69, 9.17) is 0 Å². The monoisotopic (exact) mass is 326 g/mol. The molecular weight excluding hydrogens is 310 g/mol. The van der Waals surface area contributed by atoms with Crippen molar-refractivity contribution in [1.82, 2.24) is 0 Å². The Hall–Kier alpha value is -1.06. The predicted molar refractivity (Wildman–Crippen MR) is 61.8 cm³/mol. The van der Waals surface area contributed by atoms with Crippen molar-refractivity contribution in [3.8, 4) is 0 Å². The summed E-state index contributed by atoms with van der Waals surface area (Å²) in [5.41, 5.74) is 0. The fourth-order valence-electron chi connectivity index (χ4n) is 1.07. The van der Waals surface area contributed by atoms with E-state index in [1.54, 1.807) is 0 Å². The van der Waals surface area contributed by atoms with Gasteiger partial charge in [-0.15, -0.1) is 0 Å². The van der Waals surface area contributed by atoms with Crippen molar-refractivity contribution in [2.24, 2.45) is 0 Å². The summed E-state index contributed by atoms with van der Waals surface area (Å²) in [5.74, 6) is -6.40. The molecule has 0 aliphatic heterocycles. The van der Waals surface area contributed by atoms with E-state index in [2.05, 4.69) is 25.5 Å². The molecule has 0 spiro atoms. The molecule has 0 atom stereocenters. The Balaban J connectivity index is 0. The molecule has 0 aromatic carbocycles. The van der Waals surface area contributed by atoms with Crippen LogP contribution in [0, 0.1) is 0 Å². The van der Waals surface area contributed by atoms with Gasteiger partial charge in [0.25, 0.3) is 0 Å². The second kappa shape index (κ2) is 8.98. The van der Waals surface area contributed by atoms with Crippen molar-refractivity contribution >= 4 is 20.7 Å². The average Bonchev–Trinajstić information content (AvgIpc) is 2.29. The van der Waals surface area contributed by atoms with Gasteiger partial charge in [-0.2, -0.15) is 26.3 Å². The normalized spacial score (nSPS) is 11.7. The van der Waals surface area contributed by atoms with Crippen LogP contribution in [0.25, 0.3) is 0 Å². The van der Waals surface area contributed by atoms with Crippen LogP contribution in [0.5, 0.6) is 0 Å². The molecule has 0 aliphatic rings. The van der Waals surface area contributed by atoms with Crippen LogP contribution in [0.1, 0.15) is 20.8 Å². The SMILES string of the molecule is CC[SiH](CC)CC.O=C(OC(=O)C(F)(F)F)C(F)(F)F. The lowest BCUT2D eigenvalue weighted by Gasteiger charge is -2.06. The van der Waals surface area contributed by atoms with Crippen molar-refractivity contribution in [2.45, 2.75) is 51.3 Å². The molecule has 0 N–H and O–H groups in total. The van der Waals surface area contributed by atoms with Crippen LogP contribution in [0.3, 0.4) is 0 Å². The van der Waals surface area contributed by atoms with Crippen LogP contribution >= 0.6 is 0 Å². The highest BCUT2D eigenvalue weighted by Gasteiger charge is 2.49. The van der Waals surface area contributed by atoms with Crippen LogP contribution in [0.4, 0.5) is 26.3 Å². The van der Waals surface area contributed by atoms with Gasteiger partial charge in [0.05, 0.1) is 0 Å². The maximum absolute atomic E-state index is 11.2. The number of alkyl halides is 6. The van der Waals surface area contributed by atoms with Crippen molar-refractivity contribution in [3.63, 3.8) is 0 Å². The van der Waals surface area contributed by atoms with Crippen LogP contribution in [0.2, 0.25) is 18.1 Å². The summed E-state index contributed by atoms with van der Waals surface area (Å²) in [5, 5.41) is 0. The molecular formula is C10H16F6O3Si. The molecule has 20 heavy (non-hydrogen) atoms. The quantitative estimate of drug-likeness (QED) is 0.345. The van der Waals surface area contributed by atoms with Crippen molar-refractivity contribution in [1.29, 1.82) is 0 Å². The lowest BCUT2D eigenvalue weighted by Crippen LogP contribution is -2.34. The summed E-state index contributed by atoms with van der Waals surface area (Å²) in [4.78, 5) is 19.3. The number of rotatable bonds is 3. The Morgan fingerprint density at radius 1 is 0.800 bits per heavy atom. The summed E-state index contributed by atoms with van der Waals surface area (Å²) >= 11 is 0. The molecule has 0 aromatic heterocycles. The number of hydrogen-bond acceptors (Lipinski definition) is 3. The van der Waals surface area contributed by atoms with Crippen molar-refractivity contribution in [3.05, 3.63) is 0 Å². The number of carbonyl (C=O) groups is 2. The van der Waals surface area contributed by atoms with Crippen LogP contribution in [-0.4, -0.2) is 33.1 Å². The number of carbonyl (C=O) groups excluding carboxylic acids is 2. The first kappa shape index (κ1) is 21.2. The first-order valence-electron chi connectivity index (χ1n) is 5.80. The van der Waals surface area contributed by atoms with Gasteiger partial charge in [0, 0.05) is 8.80 Å². The molecule has 0 unspecified atom stereocenters. The van der Waals surface area contributed by atoms with Gasteiger partial charge in [-0.05, 0) is 0 Å². The van der Waals surface area contributed by atoms with Gasteiger partial charge in [0.2, 0.25) is 0 Å².